The van der Waals surface area contributed by atoms with Crippen molar-refractivity contribution in [1.29, 1.82) is 0 Å². The van der Waals surface area contributed by atoms with E-state index in [1.165, 1.54) is 10.9 Å². The monoisotopic (exact) mass is 717 g/mol. The Bertz CT molecular complexity index is 3120. The van der Waals surface area contributed by atoms with Gasteiger partial charge in [-0.1, -0.05) is 97.1 Å². The molecule has 12 rings (SSSR count). The molecule has 56 heavy (non-hydrogen) atoms. The van der Waals surface area contributed by atoms with Gasteiger partial charge in [-0.15, -0.1) is 0 Å². The van der Waals surface area contributed by atoms with Crippen LogP contribution in [-0.4, -0.2) is 16.1 Å². The Hall–Kier alpha value is -7.51. The van der Waals surface area contributed by atoms with E-state index in [0.29, 0.717) is 0 Å². The molecular weight excluding hydrogens is 685 g/mol. The number of pyridine rings is 1. The second-order valence-corrected chi connectivity index (χ2v) is 14.4. The van der Waals surface area contributed by atoms with Gasteiger partial charge in [0.2, 0.25) is 0 Å². The summed E-state index contributed by atoms with van der Waals surface area (Å²) in [6.07, 6.45) is 2.13. The van der Waals surface area contributed by atoms with Gasteiger partial charge in [0.25, 0.3) is 6.71 Å². The molecule has 0 saturated carbocycles. The van der Waals surface area contributed by atoms with Gasteiger partial charge in [0.15, 0.2) is 0 Å². The SMILES string of the molecule is c1ccc(N2c3cc(N(c4ccccc4)c4cccc5oc6ccccc6c45)ccc3B3c4nc5ccccn5c4N(c4ccccc4)c4cccc2c43)cc1. The molecule has 0 N–H and O–H groups in total. The molecule has 0 amide bonds. The molecular formula is C49H32BN5O. The van der Waals surface area contributed by atoms with Crippen LogP contribution in [0.4, 0.5) is 51.3 Å². The number of imidazole rings is 1. The number of hydrogen-bond acceptors (Lipinski definition) is 5. The second kappa shape index (κ2) is 12.0. The topological polar surface area (TPSA) is 40.2 Å². The molecule has 262 valence electrons. The van der Waals surface area contributed by atoms with Crippen LogP contribution >= 0.6 is 0 Å². The molecule has 5 heterocycles. The van der Waals surface area contributed by atoms with Crippen molar-refractivity contribution < 1.29 is 4.42 Å². The quantitative estimate of drug-likeness (QED) is 0.166. The van der Waals surface area contributed by atoms with Crippen LogP contribution in [0, 0.1) is 0 Å². The third-order valence-electron chi connectivity index (χ3n) is 11.3. The number of furan rings is 1. The number of nitrogens with zero attached hydrogens (tertiary/aromatic N) is 5. The number of para-hydroxylation sites is 4. The molecule has 0 fully saturated rings. The summed E-state index contributed by atoms with van der Waals surface area (Å²) in [6.45, 7) is -0.105. The molecule has 0 unspecified atom stereocenters. The number of aromatic nitrogens is 2. The average molecular weight is 718 g/mol. The summed E-state index contributed by atoms with van der Waals surface area (Å²) in [6, 6.07) is 66.7. The van der Waals surface area contributed by atoms with Crippen molar-refractivity contribution in [2.75, 3.05) is 14.7 Å². The molecule has 7 heteroatoms. The Morgan fingerprint density at radius 1 is 0.518 bits per heavy atom. The summed E-state index contributed by atoms with van der Waals surface area (Å²) < 4.78 is 8.66. The Morgan fingerprint density at radius 2 is 1.18 bits per heavy atom. The number of benzene rings is 7. The fraction of sp³-hybridized carbons (Fsp3) is 0. The first-order valence-corrected chi connectivity index (χ1v) is 19.0. The third kappa shape index (κ3) is 4.42. The maximum absolute atomic E-state index is 6.42. The zero-order valence-corrected chi connectivity index (χ0v) is 30.2. The van der Waals surface area contributed by atoms with E-state index < -0.39 is 0 Å². The molecule has 0 atom stereocenters. The van der Waals surface area contributed by atoms with Crippen molar-refractivity contribution in [1.82, 2.24) is 9.38 Å². The number of fused-ring (bicyclic) bond motifs is 9. The van der Waals surface area contributed by atoms with E-state index >= 15 is 0 Å². The molecule has 0 spiro atoms. The van der Waals surface area contributed by atoms with E-state index in [0.717, 1.165) is 84.5 Å². The maximum Gasteiger partial charge on any atom is 0.277 e. The highest BCUT2D eigenvalue weighted by atomic mass is 16.3. The molecule has 2 aliphatic rings. The number of rotatable bonds is 5. The average Bonchev–Trinajstić information content (AvgIpc) is 3.84. The number of hydrogen-bond donors (Lipinski definition) is 0. The van der Waals surface area contributed by atoms with Gasteiger partial charge in [0.05, 0.1) is 16.7 Å². The highest BCUT2D eigenvalue weighted by Gasteiger charge is 2.46. The molecule has 2 aliphatic heterocycles. The first-order chi connectivity index (χ1) is 27.8. The minimum absolute atomic E-state index is 0.105. The normalized spacial score (nSPS) is 12.9. The van der Waals surface area contributed by atoms with Gasteiger partial charge in [-0.2, -0.15) is 0 Å². The molecule has 6 nitrogen and oxygen atoms in total. The Labute approximate surface area is 323 Å². The van der Waals surface area contributed by atoms with Gasteiger partial charge in [0, 0.05) is 51.4 Å². The molecule has 0 radical (unpaired) electrons. The molecule has 10 aromatic rings. The van der Waals surface area contributed by atoms with Gasteiger partial charge in [-0.25, -0.2) is 4.98 Å². The summed E-state index contributed by atoms with van der Waals surface area (Å²) in [5, 5.41) is 2.18. The predicted octanol–water partition coefficient (Wildman–Crippen LogP) is 10.8. The van der Waals surface area contributed by atoms with E-state index in [9.17, 15) is 0 Å². The third-order valence-corrected chi connectivity index (χ3v) is 11.3. The van der Waals surface area contributed by atoms with Crippen molar-refractivity contribution in [2.45, 2.75) is 0 Å². The summed E-state index contributed by atoms with van der Waals surface area (Å²) in [5.74, 6) is 1.06. The number of anilines is 9. The first kappa shape index (κ1) is 30.9. The lowest BCUT2D eigenvalue weighted by Crippen LogP contribution is -2.61. The van der Waals surface area contributed by atoms with Crippen LogP contribution in [-0.2, 0) is 0 Å². The Balaban J connectivity index is 1.15. The highest BCUT2D eigenvalue weighted by molar-refractivity contribution is 7.00. The van der Waals surface area contributed by atoms with Crippen LogP contribution in [0.1, 0.15) is 0 Å². The van der Waals surface area contributed by atoms with E-state index in [1.54, 1.807) is 0 Å². The molecule has 0 aliphatic carbocycles. The second-order valence-electron chi connectivity index (χ2n) is 14.4. The van der Waals surface area contributed by atoms with Crippen molar-refractivity contribution in [2.24, 2.45) is 0 Å². The van der Waals surface area contributed by atoms with Crippen molar-refractivity contribution in [3.8, 4) is 0 Å². The van der Waals surface area contributed by atoms with E-state index in [4.69, 9.17) is 9.40 Å². The molecule has 3 aromatic heterocycles. The van der Waals surface area contributed by atoms with Crippen molar-refractivity contribution in [3.63, 3.8) is 0 Å². The van der Waals surface area contributed by atoms with Gasteiger partial charge >= 0.3 is 0 Å². The fourth-order valence-electron chi connectivity index (χ4n) is 9.08. The lowest BCUT2D eigenvalue weighted by molar-refractivity contribution is 0.669. The van der Waals surface area contributed by atoms with Gasteiger partial charge in [-0.3, -0.25) is 9.30 Å². The van der Waals surface area contributed by atoms with Gasteiger partial charge < -0.3 is 14.2 Å². The minimum Gasteiger partial charge on any atom is -0.456 e. The van der Waals surface area contributed by atoms with Crippen LogP contribution < -0.4 is 31.2 Å². The Morgan fingerprint density at radius 3 is 1.98 bits per heavy atom. The first-order valence-electron chi connectivity index (χ1n) is 19.0. The van der Waals surface area contributed by atoms with Crippen molar-refractivity contribution >= 4 is 102 Å². The van der Waals surface area contributed by atoms with Crippen LogP contribution in [0.5, 0.6) is 0 Å². The maximum atomic E-state index is 6.42. The summed E-state index contributed by atoms with van der Waals surface area (Å²) in [5.41, 5.74) is 14.9. The lowest BCUT2D eigenvalue weighted by atomic mass is 9.35. The minimum atomic E-state index is -0.105. The van der Waals surface area contributed by atoms with Crippen LogP contribution in [0.25, 0.3) is 27.6 Å². The zero-order valence-electron chi connectivity index (χ0n) is 30.2. The van der Waals surface area contributed by atoms with Crippen LogP contribution in [0.2, 0.25) is 0 Å². The van der Waals surface area contributed by atoms with E-state index in [-0.39, 0.29) is 6.71 Å². The van der Waals surface area contributed by atoms with Crippen molar-refractivity contribution in [3.05, 3.63) is 194 Å². The smallest absolute Gasteiger partial charge is 0.277 e. The zero-order chi connectivity index (χ0) is 36.7. The highest BCUT2D eigenvalue weighted by Crippen LogP contribution is 2.47. The lowest BCUT2D eigenvalue weighted by Gasteiger charge is -2.42. The van der Waals surface area contributed by atoms with Crippen LogP contribution in [0.15, 0.2) is 199 Å². The van der Waals surface area contributed by atoms with E-state index in [1.807, 2.05) is 12.1 Å². The van der Waals surface area contributed by atoms with Crippen LogP contribution in [0.3, 0.4) is 0 Å². The summed E-state index contributed by atoms with van der Waals surface area (Å²) >= 11 is 0. The van der Waals surface area contributed by atoms with Gasteiger partial charge in [0.1, 0.15) is 22.6 Å². The fourth-order valence-corrected chi connectivity index (χ4v) is 9.08. The standard InChI is InChI=1S/C49H32BN5O/c1-4-16-33(17-5-1)53(39-23-15-27-44-46(39)37-22-10-11-26-43(37)56-44)36-29-30-38-42(32-36)54(34-18-6-2-7-19-34)40-24-14-25-41-47(40)50(38)48-49(52-31-13-12-28-45(52)51-48)55(41)35-20-8-3-9-21-35/h1-32H. The summed E-state index contributed by atoms with van der Waals surface area (Å²) in [7, 11) is 0. The molecule has 0 saturated heterocycles. The predicted molar refractivity (Wildman–Crippen MR) is 231 cm³/mol. The molecule has 7 aromatic carbocycles. The Kier molecular flexibility index (Phi) is 6.62. The van der Waals surface area contributed by atoms with Gasteiger partial charge in [-0.05, 0) is 102 Å². The summed E-state index contributed by atoms with van der Waals surface area (Å²) in [4.78, 5) is 12.6. The van der Waals surface area contributed by atoms with E-state index in [2.05, 4.69) is 201 Å². The molecule has 0 bridgehead atoms. The largest absolute Gasteiger partial charge is 0.456 e.